The second-order valence-corrected chi connectivity index (χ2v) is 5.54. The van der Waals surface area contributed by atoms with Crippen LogP contribution in [0.1, 0.15) is 20.7 Å². The van der Waals surface area contributed by atoms with Crippen molar-refractivity contribution in [2.45, 2.75) is 0 Å². The van der Waals surface area contributed by atoms with Crippen LogP contribution >= 0.6 is 0 Å². The fourth-order valence-corrected chi connectivity index (χ4v) is 2.53. The number of methoxy groups -OCH3 is 4. The zero-order chi connectivity index (χ0) is 21.4. The highest BCUT2D eigenvalue weighted by atomic mass is 16.5. The number of para-hydroxylation sites is 1. The number of carbonyl (C=O) groups is 3. The van der Waals surface area contributed by atoms with E-state index < -0.39 is 24.4 Å². The third kappa shape index (κ3) is 4.95. The summed E-state index contributed by atoms with van der Waals surface area (Å²) in [6, 6.07) is 9.33. The molecule has 1 N–H and O–H groups in total. The topological polar surface area (TPSA) is 109 Å². The molecule has 0 atom stereocenters. The van der Waals surface area contributed by atoms with E-state index in [0.29, 0.717) is 11.5 Å². The van der Waals surface area contributed by atoms with Crippen LogP contribution in [0.15, 0.2) is 36.4 Å². The predicted octanol–water partition coefficient (Wildman–Crippen LogP) is 1.83. The first-order chi connectivity index (χ1) is 14.0. The van der Waals surface area contributed by atoms with Crippen molar-refractivity contribution in [3.8, 4) is 23.0 Å². The summed E-state index contributed by atoms with van der Waals surface area (Å²) in [7, 11) is 5.60. The van der Waals surface area contributed by atoms with Crippen LogP contribution in [0, 0.1) is 0 Å². The number of imide groups is 1. The Morgan fingerprint density at radius 3 is 2.03 bits per heavy atom. The first-order valence-electron chi connectivity index (χ1n) is 8.40. The van der Waals surface area contributed by atoms with Crippen molar-refractivity contribution in [3.05, 3.63) is 47.5 Å². The molecule has 0 bridgehead atoms. The molecular formula is C20H21NO8. The summed E-state index contributed by atoms with van der Waals surface area (Å²) in [5.41, 5.74) is 0.213. The second-order valence-electron chi connectivity index (χ2n) is 5.54. The van der Waals surface area contributed by atoms with E-state index in [-0.39, 0.29) is 22.6 Å². The highest BCUT2D eigenvalue weighted by Gasteiger charge is 2.23. The monoisotopic (exact) mass is 403 g/mol. The maximum Gasteiger partial charge on any atom is 0.342 e. The molecule has 0 spiro atoms. The maximum atomic E-state index is 12.4. The highest BCUT2D eigenvalue weighted by Crippen LogP contribution is 2.39. The summed E-state index contributed by atoms with van der Waals surface area (Å²) in [6.45, 7) is -0.669. The maximum absolute atomic E-state index is 12.4. The fourth-order valence-electron chi connectivity index (χ4n) is 2.53. The molecule has 0 aliphatic heterocycles. The Hall–Kier alpha value is -3.75. The lowest BCUT2D eigenvalue weighted by atomic mass is 10.1. The standard InChI is InChI=1S/C20H21NO8/c1-25-14-8-6-5-7-12(14)19(23)21-16(22)11-29-20(24)13-9-10-15(26-2)18(28-4)17(13)27-3/h5-10H,11H2,1-4H3,(H,21,22,23). The molecule has 0 saturated heterocycles. The number of nitrogens with one attached hydrogen (secondary N) is 1. The van der Waals surface area contributed by atoms with Gasteiger partial charge in [0.15, 0.2) is 18.1 Å². The van der Waals surface area contributed by atoms with Crippen molar-refractivity contribution in [2.24, 2.45) is 0 Å². The number of esters is 1. The minimum atomic E-state index is -0.831. The number of rotatable bonds is 8. The first-order valence-corrected chi connectivity index (χ1v) is 8.40. The number of ether oxygens (including phenoxy) is 5. The van der Waals surface area contributed by atoms with Crippen LogP contribution in [0.5, 0.6) is 23.0 Å². The summed E-state index contributed by atoms with van der Waals surface area (Å²) in [6.07, 6.45) is 0. The number of amides is 2. The Bertz CT molecular complexity index is 909. The van der Waals surface area contributed by atoms with Gasteiger partial charge in [-0.05, 0) is 24.3 Å². The van der Waals surface area contributed by atoms with Gasteiger partial charge in [-0.2, -0.15) is 0 Å². The Labute approximate surface area is 167 Å². The quantitative estimate of drug-likeness (QED) is 0.665. The largest absolute Gasteiger partial charge is 0.496 e. The van der Waals surface area contributed by atoms with Crippen molar-refractivity contribution in [3.63, 3.8) is 0 Å². The number of hydrogen-bond acceptors (Lipinski definition) is 8. The lowest BCUT2D eigenvalue weighted by molar-refractivity contribution is -0.123. The van der Waals surface area contributed by atoms with Crippen LogP contribution in [0.2, 0.25) is 0 Å². The highest BCUT2D eigenvalue weighted by molar-refractivity contribution is 6.07. The van der Waals surface area contributed by atoms with Gasteiger partial charge in [-0.1, -0.05) is 12.1 Å². The lowest BCUT2D eigenvalue weighted by Crippen LogP contribution is -2.34. The minimum Gasteiger partial charge on any atom is -0.496 e. The van der Waals surface area contributed by atoms with E-state index in [1.807, 2.05) is 0 Å². The molecule has 2 rings (SSSR count). The van der Waals surface area contributed by atoms with Crippen molar-refractivity contribution >= 4 is 17.8 Å². The van der Waals surface area contributed by atoms with Gasteiger partial charge in [0, 0.05) is 0 Å². The minimum absolute atomic E-state index is 0.0361. The Morgan fingerprint density at radius 1 is 0.759 bits per heavy atom. The summed E-state index contributed by atoms with van der Waals surface area (Å²) < 4.78 is 25.6. The third-order valence-electron chi connectivity index (χ3n) is 3.86. The number of hydrogen-bond donors (Lipinski definition) is 1. The van der Waals surface area contributed by atoms with Gasteiger partial charge in [-0.25, -0.2) is 4.79 Å². The van der Waals surface area contributed by atoms with Gasteiger partial charge >= 0.3 is 5.97 Å². The molecule has 0 heterocycles. The average Bonchev–Trinajstić information content (AvgIpc) is 2.75. The van der Waals surface area contributed by atoms with E-state index in [2.05, 4.69) is 5.32 Å². The third-order valence-corrected chi connectivity index (χ3v) is 3.86. The van der Waals surface area contributed by atoms with Crippen LogP contribution in [-0.2, 0) is 9.53 Å². The normalized spacial score (nSPS) is 9.93. The van der Waals surface area contributed by atoms with Gasteiger partial charge in [0.05, 0.1) is 34.0 Å². The zero-order valence-corrected chi connectivity index (χ0v) is 16.4. The SMILES string of the molecule is COc1ccccc1C(=O)NC(=O)COC(=O)c1ccc(OC)c(OC)c1OC. The molecule has 0 aliphatic carbocycles. The summed E-state index contributed by atoms with van der Waals surface area (Å²) in [4.78, 5) is 36.6. The molecule has 9 heteroatoms. The van der Waals surface area contributed by atoms with E-state index in [0.717, 1.165) is 0 Å². The number of benzene rings is 2. The fraction of sp³-hybridized carbons (Fsp3) is 0.250. The molecular weight excluding hydrogens is 382 g/mol. The van der Waals surface area contributed by atoms with Gasteiger partial charge in [-0.3, -0.25) is 14.9 Å². The van der Waals surface area contributed by atoms with Gasteiger partial charge in [0.25, 0.3) is 11.8 Å². The van der Waals surface area contributed by atoms with E-state index in [1.54, 1.807) is 18.2 Å². The van der Waals surface area contributed by atoms with E-state index in [1.165, 1.54) is 46.6 Å². The van der Waals surface area contributed by atoms with Gasteiger partial charge in [0.1, 0.15) is 11.3 Å². The molecule has 0 unspecified atom stereocenters. The second kappa shape index (κ2) is 9.98. The molecule has 0 saturated carbocycles. The van der Waals surface area contributed by atoms with Gasteiger partial charge in [-0.15, -0.1) is 0 Å². The van der Waals surface area contributed by atoms with E-state index in [4.69, 9.17) is 23.7 Å². The molecule has 2 aromatic carbocycles. The van der Waals surface area contributed by atoms with E-state index in [9.17, 15) is 14.4 Å². The average molecular weight is 403 g/mol. The molecule has 9 nitrogen and oxygen atoms in total. The summed E-state index contributed by atoms with van der Waals surface area (Å²) >= 11 is 0. The van der Waals surface area contributed by atoms with Crippen LogP contribution in [0.25, 0.3) is 0 Å². The zero-order valence-electron chi connectivity index (χ0n) is 16.4. The molecule has 0 aromatic heterocycles. The molecule has 0 fully saturated rings. The van der Waals surface area contributed by atoms with Crippen LogP contribution < -0.4 is 24.3 Å². The predicted molar refractivity (Wildman–Crippen MR) is 102 cm³/mol. The molecule has 2 aromatic rings. The van der Waals surface area contributed by atoms with Crippen molar-refractivity contribution in [1.82, 2.24) is 5.32 Å². The molecule has 0 radical (unpaired) electrons. The van der Waals surface area contributed by atoms with Crippen LogP contribution in [0.3, 0.4) is 0 Å². The van der Waals surface area contributed by atoms with Gasteiger partial charge in [0.2, 0.25) is 5.75 Å². The van der Waals surface area contributed by atoms with Gasteiger partial charge < -0.3 is 23.7 Å². The summed E-state index contributed by atoms with van der Waals surface area (Å²) in [5, 5.41) is 2.14. The van der Waals surface area contributed by atoms with Crippen molar-refractivity contribution < 1.29 is 38.1 Å². The smallest absolute Gasteiger partial charge is 0.342 e. The molecule has 29 heavy (non-hydrogen) atoms. The Kier molecular flexibility index (Phi) is 7.41. The van der Waals surface area contributed by atoms with Crippen molar-refractivity contribution in [2.75, 3.05) is 35.0 Å². The number of carbonyl (C=O) groups excluding carboxylic acids is 3. The first kappa shape index (κ1) is 21.5. The van der Waals surface area contributed by atoms with Crippen LogP contribution in [0.4, 0.5) is 0 Å². The van der Waals surface area contributed by atoms with E-state index >= 15 is 0 Å². The van der Waals surface area contributed by atoms with Crippen LogP contribution in [-0.4, -0.2) is 52.8 Å². The lowest BCUT2D eigenvalue weighted by Gasteiger charge is -2.15. The Morgan fingerprint density at radius 2 is 1.41 bits per heavy atom. The molecule has 154 valence electrons. The Balaban J connectivity index is 2.05. The summed E-state index contributed by atoms with van der Waals surface area (Å²) in [5.74, 6) is -1.32. The molecule has 0 aliphatic rings. The molecule has 2 amide bonds. The van der Waals surface area contributed by atoms with Crippen molar-refractivity contribution in [1.29, 1.82) is 0 Å².